The van der Waals surface area contributed by atoms with Crippen molar-refractivity contribution in [2.24, 2.45) is 0 Å². The van der Waals surface area contributed by atoms with Gasteiger partial charge in [-0.2, -0.15) is 13.2 Å². The number of hydrogen-bond acceptors (Lipinski definition) is 4. The van der Waals surface area contributed by atoms with Crippen molar-refractivity contribution in [3.63, 3.8) is 0 Å². The minimum atomic E-state index is -4.53. The van der Waals surface area contributed by atoms with Gasteiger partial charge in [-0.1, -0.05) is 30.3 Å². The van der Waals surface area contributed by atoms with Gasteiger partial charge in [0.1, 0.15) is 17.6 Å². The van der Waals surface area contributed by atoms with Crippen molar-refractivity contribution in [2.45, 2.75) is 25.2 Å². The van der Waals surface area contributed by atoms with Crippen LogP contribution in [-0.4, -0.2) is 32.2 Å². The normalized spacial score (nSPS) is 15.9. The van der Waals surface area contributed by atoms with Crippen molar-refractivity contribution < 1.29 is 27.4 Å². The number of nitrogens with one attached hydrogen (secondary N) is 1. The van der Waals surface area contributed by atoms with Gasteiger partial charge in [0.05, 0.1) is 24.9 Å². The molecule has 1 unspecified atom stereocenters. The smallest absolute Gasteiger partial charge is 0.416 e. The molecule has 1 amide bonds. The molecular weight excluding hydrogens is 481 g/mol. The molecule has 0 aliphatic carbocycles. The van der Waals surface area contributed by atoms with Crippen molar-refractivity contribution in [1.82, 2.24) is 5.32 Å². The van der Waals surface area contributed by atoms with Crippen LogP contribution in [0.1, 0.15) is 34.5 Å². The van der Waals surface area contributed by atoms with Gasteiger partial charge in [0, 0.05) is 18.2 Å². The van der Waals surface area contributed by atoms with Crippen LogP contribution in [0.2, 0.25) is 0 Å². The summed E-state index contributed by atoms with van der Waals surface area (Å²) in [5.41, 5.74) is 0.683. The van der Waals surface area contributed by atoms with Crippen LogP contribution < -0.4 is 19.7 Å². The van der Waals surface area contributed by atoms with E-state index in [1.165, 1.54) is 17.0 Å². The first-order valence-electron chi connectivity index (χ1n) is 10.9. The molecule has 2 atom stereocenters. The lowest BCUT2D eigenvalue weighted by Crippen LogP contribution is -2.48. The number of methoxy groups -OCH3 is 1. The quantitative estimate of drug-likeness (QED) is 0.452. The van der Waals surface area contributed by atoms with Crippen LogP contribution in [0.3, 0.4) is 0 Å². The Morgan fingerprint density at radius 1 is 1.11 bits per heavy atom. The number of rotatable bonds is 6. The van der Waals surface area contributed by atoms with Crippen LogP contribution in [0, 0.1) is 0 Å². The van der Waals surface area contributed by atoms with Gasteiger partial charge >= 0.3 is 6.18 Å². The Bertz CT molecular complexity index is 1170. The van der Waals surface area contributed by atoms with E-state index in [1.807, 2.05) is 31.2 Å². The van der Waals surface area contributed by atoms with E-state index in [0.717, 1.165) is 23.4 Å². The number of carbonyl (C=O) groups is 1. The average molecular weight is 507 g/mol. The Hall–Kier alpha value is -3.23. The predicted octanol–water partition coefficient (Wildman–Crippen LogP) is 5.89. The number of halogens is 4. The second kappa shape index (κ2) is 11.0. The SMILES string of the molecule is COc1cccc([C@@H](C)NCC2CN(C(=O)c3cccc(C(F)(F)F)c3)c3ccccc3O2)c1.Cl. The monoisotopic (exact) mass is 506 g/mol. The van der Waals surface area contributed by atoms with Crippen LogP contribution in [0.25, 0.3) is 0 Å². The molecule has 3 aromatic rings. The first kappa shape index (κ1) is 26.4. The summed E-state index contributed by atoms with van der Waals surface area (Å²) in [4.78, 5) is 14.8. The average Bonchev–Trinajstić information content (AvgIpc) is 2.86. The van der Waals surface area contributed by atoms with Crippen LogP contribution in [0.15, 0.2) is 72.8 Å². The van der Waals surface area contributed by atoms with Crippen molar-refractivity contribution in [1.29, 1.82) is 0 Å². The largest absolute Gasteiger partial charge is 0.497 e. The second-order valence-corrected chi connectivity index (χ2v) is 8.11. The Kier molecular flexibility index (Phi) is 8.30. The molecular formula is C26H26ClF3N2O3. The fourth-order valence-electron chi connectivity index (χ4n) is 3.92. The molecule has 9 heteroatoms. The van der Waals surface area contributed by atoms with Gasteiger partial charge in [-0.3, -0.25) is 4.79 Å². The topological polar surface area (TPSA) is 50.8 Å². The highest BCUT2D eigenvalue weighted by molar-refractivity contribution is 6.07. The highest BCUT2D eigenvalue weighted by Crippen LogP contribution is 2.35. The molecule has 1 aliphatic rings. The van der Waals surface area contributed by atoms with E-state index in [-0.39, 0.29) is 30.6 Å². The Morgan fingerprint density at radius 2 is 1.86 bits per heavy atom. The molecule has 0 saturated carbocycles. The zero-order valence-electron chi connectivity index (χ0n) is 19.2. The van der Waals surface area contributed by atoms with E-state index in [0.29, 0.717) is 18.0 Å². The molecule has 4 rings (SSSR count). The van der Waals surface area contributed by atoms with Crippen molar-refractivity contribution in [3.05, 3.63) is 89.5 Å². The Labute approximate surface area is 208 Å². The van der Waals surface area contributed by atoms with Crippen LogP contribution in [0.4, 0.5) is 18.9 Å². The van der Waals surface area contributed by atoms with Crippen LogP contribution >= 0.6 is 12.4 Å². The summed E-state index contributed by atoms with van der Waals surface area (Å²) in [6.45, 7) is 2.64. The van der Waals surface area contributed by atoms with E-state index in [9.17, 15) is 18.0 Å². The maximum Gasteiger partial charge on any atom is 0.416 e. The molecule has 1 N–H and O–H groups in total. The molecule has 0 aromatic heterocycles. The Balaban J connectivity index is 0.00000342. The molecule has 5 nitrogen and oxygen atoms in total. The zero-order valence-corrected chi connectivity index (χ0v) is 20.0. The maximum atomic E-state index is 13.3. The van der Waals surface area contributed by atoms with Gasteiger partial charge in [-0.25, -0.2) is 0 Å². The number of benzene rings is 3. The van der Waals surface area contributed by atoms with E-state index in [4.69, 9.17) is 9.47 Å². The lowest BCUT2D eigenvalue weighted by atomic mass is 10.1. The van der Waals surface area contributed by atoms with Crippen molar-refractivity contribution >= 4 is 24.0 Å². The number of hydrogen-bond donors (Lipinski definition) is 1. The molecule has 0 spiro atoms. The highest BCUT2D eigenvalue weighted by atomic mass is 35.5. The molecule has 0 bridgehead atoms. The number of nitrogens with zero attached hydrogens (tertiary/aromatic N) is 1. The molecule has 0 fully saturated rings. The van der Waals surface area contributed by atoms with E-state index in [1.54, 1.807) is 31.4 Å². The predicted molar refractivity (Wildman–Crippen MR) is 131 cm³/mol. The van der Waals surface area contributed by atoms with Crippen LogP contribution in [0.5, 0.6) is 11.5 Å². The molecule has 3 aromatic carbocycles. The maximum absolute atomic E-state index is 13.3. The van der Waals surface area contributed by atoms with Gasteiger partial charge in [-0.15, -0.1) is 12.4 Å². The third-order valence-corrected chi connectivity index (χ3v) is 5.76. The third kappa shape index (κ3) is 6.07. The van der Waals surface area contributed by atoms with Gasteiger partial charge in [-0.05, 0) is 55.0 Å². The lowest BCUT2D eigenvalue weighted by Gasteiger charge is -2.35. The summed E-state index contributed by atoms with van der Waals surface area (Å²) in [6.07, 6.45) is -4.92. The molecule has 35 heavy (non-hydrogen) atoms. The molecule has 0 radical (unpaired) electrons. The summed E-state index contributed by atoms with van der Waals surface area (Å²) in [7, 11) is 1.61. The fourth-order valence-corrected chi connectivity index (χ4v) is 3.92. The summed E-state index contributed by atoms with van der Waals surface area (Å²) in [5.74, 6) is 0.759. The van der Waals surface area contributed by atoms with Gasteiger partial charge < -0.3 is 19.7 Å². The van der Waals surface area contributed by atoms with Crippen LogP contribution in [-0.2, 0) is 6.18 Å². The van der Waals surface area contributed by atoms with E-state index >= 15 is 0 Å². The highest BCUT2D eigenvalue weighted by Gasteiger charge is 2.33. The summed E-state index contributed by atoms with van der Waals surface area (Å²) in [5, 5.41) is 3.41. The summed E-state index contributed by atoms with van der Waals surface area (Å²) < 4.78 is 50.9. The van der Waals surface area contributed by atoms with Gasteiger partial charge in [0.2, 0.25) is 0 Å². The number of ether oxygens (including phenoxy) is 2. The van der Waals surface area contributed by atoms with E-state index in [2.05, 4.69) is 5.32 Å². The zero-order chi connectivity index (χ0) is 24.3. The minimum absolute atomic E-state index is 0. The third-order valence-electron chi connectivity index (χ3n) is 5.76. The number of alkyl halides is 3. The minimum Gasteiger partial charge on any atom is -0.497 e. The number of fused-ring (bicyclic) bond motifs is 1. The second-order valence-electron chi connectivity index (χ2n) is 8.11. The molecule has 0 saturated heterocycles. The first-order chi connectivity index (χ1) is 16.3. The number of carbonyl (C=O) groups excluding carboxylic acids is 1. The van der Waals surface area contributed by atoms with Gasteiger partial charge in [0.25, 0.3) is 5.91 Å². The van der Waals surface area contributed by atoms with E-state index < -0.39 is 23.8 Å². The van der Waals surface area contributed by atoms with Gasteiger partial charge in [0.15, 0.2) is 0 Å². The number of anilines is 1. The standard InChI is InChI=1S/C26H25F3N2O3.ClH/c1-17(18-7-6-10-21(14-18)33-2)30-15-22-16-31(23-11-3-4-12-24(23)34-22)25(32)19-8-5-9-20(13-19)26(27,28)29;/h3-14,17,22,30H,15-16H2,1-2H3;1H/t17-,22?;/m1./s1. The summed E-state index contributed by atoms with van der Waals surface area (Å²) >= 11 is 0. The number of para-hydroxylation sites is 2. The number of amides is 1. The fraction of sp³-hybridized carbons (Fsp3) is 0.269. The molecule has 186 valence electrons. The first-order valence-corrected chi connectivity index (χ1v) is 10.9. The van der Waals surface area contributed by atoms with Crippen molar-refractivity contribution in [3.8, 4) is 11.5 Å². The molecule has 1 heterocycles. The van der Waals surface area contributed by atoms with Crippen molar-refractivity contribution in [2.75, 3.05) is 25.1 Å². The summed E-state index contributed by atoms with van der Waals surface area (Å²) in [6, 6.07) is 19.2. The molecule has 1 aliphatic heterocycles. The lowest BCUT2D eigenvalue weighted by molar-refractivity contribution is -0.137. The Morgan fingerprint density at radius 3 is 2.60 bits per heavy atom.